The van der Waals surface area contributed by atoms with E-state index in [0.29, 0.717) is 19.4 Å². The van der Waals surface area contributed by atoms with Gasteiger partial charge in [-0.25, -0.2) is 13.1 Å². The van der Waals surface area contributed by atoms with Crippen molar-refractivity contribution in [1.29, 1.82) is 0 Å². The van der Waals surface area contributed by atoms with Crippen LogP contribution in [-0.4, -0.2) is 32.4 Å². The molecule has 0 bridgehead atoms. The summed E-state index contributed by atoms with van der Waals surface area (Å²) in [6.45, 7) is 0.300. The Bertz CT molecular complexity index is 389. The fourth-order valence-electron chi connectivity index (χ4n) is 1.28. The first-order valence-electron chi connectivity index (χ1n) is 5.26. The van der Waals surface area contributed by atoms with Gasteiger partial charge in [-0.1, -0.05) is 30.3 Å². The van der Waals surface area contributed by atoms with E-state index in [-0.39, 0.29) is 12.4 Å². The van der Waals surface area contributed by atoms with E-state index in [1.807, 2.05) is 30.3 Å². The number of hydrogen-bond donors (Lipinski definition) is 2. The summed E-state index contributed by atoms with van der Waals surface area (Å²) >= 11 is 0. The summed E-state index contributed by atoms with van der Waals surface area (Å²) in [6.07, 6.45) is 0.958. The molecule has 0 saturated carbocycles. The van der Waals surface area contributed by atoms with Gasteiger partial charge >= 0.3 is 0 Å². The summed E-state index contributed by atoms with van der Waals surface area (Å²) in [5, 5.41) is 8.54. The summed E-state index contributed by atoms with van der Waals surface area (Å²) in [5.74, 6) is 0.0858. The third-order valence-corrected chi connectivity index (χ3v) is 3.54. The fraction of sp³-hybridized carbons (Fsp3) is 0.455. The van der Waals surface area contributed by atoms with Crippen LogP contribution in [0.3, 0.4) is 0 Å². The zero-order valence-electron chi connectivity index (χ0n) is 9.09. The van der Waals surface area contributed by atoms with Gasteiger partial charge in [0, 0.05) is 13.2 Å². The van der Waals surface area contributed by atoms with Crippen molar-refractivity contribution in [3.8, 4) is 0 Å². The van der Waals surface area contributed by atoms with Crippen molar-refractivity contribution in [1.82, 2.24) is 4.72 Å². The minimum atomic E-state index is -3.21. The molecule has 1 rings (SSSR count). The Morgan fingerprint density at radius 3 is 2.50 bits per heavy atom. The summed E-state index contributed by atoms with van der Waals surface area (Å²) in [7, 11) is -3.21. The zero-order valence-corrected chi connectivity index (χ0v) is 9.91. The average Bonchev–Trinajstić information content (AvgIpc) is 2.28. The van der Waals surface area contributed by atoms with Crippen LogP contribution in [0.2, 0.25) is 0 Å². The Hall–Kier alpha value is -0.910. The second kappa shape index (κ2) is 6.62. The molecule has 1 aromatic carbocycles. The van der Waals surface area contributed by atoms with Crippen LogP contribution in [0.4, 0.5) is 0 Å². The van der Waals surface area contributed by atoms with Gasteiger partial charge in [-0.2, -0.15) is 0 Å². The number of aliphatic hydroxyl groups excluding tert-OH is 1. The molecule has 5 heteroatoms. The molecule has 0 fully saturated rings. The molecule has 0 radical (unpaired) electrons. The standard InChI is InChI=1S/C11H17NO3S/c13-9-4-8-12-16(14,15)10-7-11-5-2-1-3-6-11/h1-3,5-6,12-13H,4,7-10H2. The van der Waals surface area contributed by atoms with Crippen molar-refractivity contribution in [2.45, 2.75) is 12.8 Å². The van der Waals surface area contributed by atoms with E-state index < -0.39 is 10.0 Å². The van der Waals surface area contributed by atoms with Crippen LogP contribution >= 0.6 is 0 Å². The van der Waals surface area contributed by atoms with E-state index in [1.165, 1.54) is 0 Å². The van der Waals surface area contributed by atoms with Crippen LogP contribution in [0.15, 0.2) is 30.3 Å². The van der Waals surface area contributed by atoms with E-state index in [1.54, 1.807) is 0 Å². The summed E-state index contributed by atoms with van der Waals surface area (Å²) in [4.78, 5) is 0. The van der Waals surface area contributed by atoms with Crippen LogP contribution in [-0.2, 0) is 16.4 Å². The predicted molar refractivity (Wildman–Crippen MR) is 63.6 cm³/mol. The van der Waals surface area contributed by atoms with Crippen molar-refractivity contribution >= 4 is 10.0 Å². The molecule has 0 aliphatic carbocycles. The van der Waals surface area contributed by atoms with Gasteiger partial charge < -0.3 is 5.11 Å². The number of hydrogen-bond acceptors (Lipinski definition) is 3. The number of sulfonamides is 1. The maximum atomic E-state index is 11.5. The Kier molecular flexibility index (Phi) is 5.45. The lowest BCUT2D eigenvalue weighted by molar-refractivity contribution is 0.289. The normalized spacial score (nSPS) is 11.6. The molecular formula is C11H17NO3S. The van der Waals surface area contributed by atoms with E-state index in [2.05, 4.69) is 4.72 Å². The topological polar surface area (TPSA) is 66.4 Å². The molecule has 0 atom stereocenters. The SMILES string of the molecule is O=S(=O)(CCc1ccccc1)NCCCO. The van der Waals surface area contributed by atoms with Gasteiger partial charge in [0.2, 0.25) is 10.0 Å². The molecule has 0 unspecified atom stereocenters. The molecule has 0 heterocycles. The maximum absolute atomic E-state index is 11.5. The lowest BCUT2D eigenvalue weighted by Gasteiger charge is -2.05. The second-order valence-corrected chi connectivity index (χ2v) is 5.45. The van der Waals surface area contributed by atoms with Crippen molar-refractivity contribution in [2.75, 3.05) is 18.9 Å². The fourth-order valence-corrected chi connectivity index (χ4v) is 2.38. The Morgan fingerprint density at radius 2 is 1.88 bits per heavy atom. The van der Waals surface area contributed by atoms with Crippen LogP contribution in [0, 0.1) is 0 Å². The lowest BCUT2D eigenvalue weighted by atomic mass is 10.2. The molecule has 2 N–H and O–H groups in total. The van der Waals surface area contributed by atoms with E-state index >= 15 is 0 Å². The third-order valence-electron chi connectivity index (χ3n) is 2.16. The molecular weight excluding hydrogens is 226 g/mol. The molecule has 90 valence electrons. The van der Waals surface area contributed by atoms with Crippen LogP contribution < -0.4 is 4.72 Å². The third kappa shape index (κ3) is 5.25. The predicted octanol–water partition coefficient (Wildman–Crippen LogP) is 0.531. The summed E-state index contributed by atoms with van der Waals surface area (Å²) in [6, 6.07) is 9.49. The van der Waals surface area contributed by atoms with Gasteiger partial charge in [-0.3, -0.25) is 0 Å². The minimum Gasteiger partial charge on any atom is -0.396 e. The van der Waals surface area contributed by atoms with Gasteiger partial charge in [0.25, 0.3) is 0 Å². The molecule has 0 aliphatic heterocycles. The molecule has 0 saturated heterocycles. The lowest BCUT2D eigenvalue weighted by Crippen LogP contribution is -2.28. The Morgan fingerprint density at radius 1 is 1.19 bits per heavy atom. The highest BCUT2D eigenvalue weighted by atomic mass is 32.2. The average molecular weight is 243 g/mol. The molecule has 0 aromatic heterocycles. The molecule has 0 spiro atoms. The van der Waals surface area contributed by atoms with Gasteiger partial charge in [0.05, 0.1) is 5.75 Å². The van der Waals surface area contributed by atoms with Gasteiger partial charge in [-0.15, -0.1) is 0 Å². The highest BCUT2D eigenvalue weighted by Crippen LogP contribution is 2.01. The largest absolute Gasteiger partial charge is 0.396 e. The van der Waals surface area contributed by atoms with Crippen molar-refractivity contribution in [3.63, 3.8) is 0 Å². The minimum absolute atomic E-state index is 0.00120. The second-order valence-electron chi connectivity index (χ2n) is 3.53. The van der Waals surface area contributed by atoms with Crippen molar-refractivity contribution in [3.05, 3.63) is 35.9 Å². The van der Waals surface area contributed by atoms with E-state index in [9.17, 15) is 8.42 Å². The van der Waals surface area contributed by atoms with Crippen molar-refractivity contribution in [2.24, 2.45) is 0 Å². The van der Waals surface area contributed by atoms with Gasteiger partial charge in [-0.05, 0) is 18.4 Å². The first kappa shape index (κ1) is 13.2. The molecule has 0 amide bonds. The van der Waals surface area contributed by atoms with Gasteiger partial charge in [0.1, 0.15) is 0 Å². The number of rotatable bonds is 7. The number of benzene rings is 1. The molecule has 4 nitrogen and oxygen atoms in total. The number of aryl methyl sites for hydroxylation is 1. The van der Waals surface area contributed by atoms with E-state index in [0.717, 1.165) is 5.56 Å². The molecule has 1 aromatic rings. The maximum Gasteiger partial charge on any atom is 0.211 e. The highest BCUT2D eigenvalue weighted by Gasteiger charge is 2.08. The monoisotopic (exact) mass is 243 g/mol. The summed E-state index contributed by atoms with van der Waals surface area (Å²) in [5.41, 5.74) is 1.01. The molecule has 16 heavy (non-hydrogen) atoms. The quantitative estimate of drug-likeness (QED) is 0.687. The van der Waals surface area contributed by atoms with Crippen LogP contribution in [0.25, 0.3) is 0 Å². The number of nitrogens with one attached hydrogen (secondary N) is 1. The number of aliphatic hydroxyl groups is 1. The van der Waals surface area contributed by atoms with Crippen LogP contribution in [0.1, 0.15) is 12.0 Å². The Balaban J connectivity index is 2.36. The first-order valence-corrected chi connectivity index (χ1v) is 6.91. The highest BCUT2D eigenvalue weighted by molar-refractivity contribution is 7.89. The zero-order chi connectivity index (χ0) is 11.9. The smallest absolute Gasteiger partial charge is 0.211 e. The molecule has 0 aliphatic rings. The van der Waals surface area contributed by atoms with E-state index in [4.69, 9.17) is 5.11 Å². The van der Waals surface area contributed by atoms with Crippen molar-refractivity contribution < 1.29 is 13.5 Å². The van der Waals surface area contributed by atoms with Crippen LogP contribution in [0.5, 0.6) is 0 Å². The Labute approximate surface area is 96.4 Å². The van der Waals surface area contributed by atoms with Gasteiger partial charge in [0.15, 0.2) is 0 Å². The first-order chi connectivity index (χ1) is 7.64. The summed E-state index contributed by atoms with van der Waals surface area (Å²) < 4.78 is 25.4.